The molecule has 1 rings (SSSR count). The first kappa shape index (κ1) is 18.3. The predicted molar refractivity (Wildman–Crippen MR) is 86.3 cm³/mol. The molecule has 124 valence electrons. The molecule has 6 nitrogen and oxygen atoms in total. The van der Waals surface area contributed by atoms with E-state index in [1.165, 1.54) is 0 Å². The fourth-order valence-electron chi connectivity index (χ4n) is 1.89. The number of rotatable bonds is 9. The first-order valence-electron chi connectivity index (χ1n) is 7.50. The van der Waals surface area contributed by atoms with Crippen molar-refractivity contribution in [2.45, 2.75) is 26.3 Å². The molecule has 0 aliphatic rings. The summed E-state index contributed by atoms with van der Waals surface area (Å²) in [5.74, 6) is 0.870. The van der Waals surface area contributed by atoms with Crippen molar-refractivity contribution >= 4 is 11.7 Å². The van der Waals surface area contributed by atoms with Gasteiger partial charge in [-0.05, 0) is 18.1 Å². The van der Waals surface area contributed by atoms with Crippen LogP contribution in [0, 0.1) is 5.92 Å². The fraction of sp³-hybridized carbons (Fsp3) is 0.562. The van der Waals surface area contributed by atoms with Crippen LogP contribution in [0.1, 0.15) is 20.3 Å². The van der Waals surface area contributed by atoms with E-state index in [4.69, 9.17) is 9.47 Å². The smallest absolute Gasteiger partial charge is 0.319 e. The monoisotopic (exact) mass is 310 g/mol. The highest BCUT2D eigenvalue weighted by Gasteiger charge is 2.17. The quantitative estimate of drug-likeness (QED) is 0.611. The number of aliphatic hydroxyl groups excluding tert-OH is 1. The van der Waals surface area contributed by atoms with Crippen molar-refractivity contribution in [1.29, 1.82) is 0 Å². The van der Waals surface area contributed by atoms with Crippen molar-refractivity contribution in [3.8, 4) is 5.75 Å². The molecule has 0 heterocycles. The number of benzene rings is 1. The van der Waals surface area contributed by atoms with E-state index in [9.17, 15) is 9.90 Å². The lowest BCUT2D eigenvalue weighted by Gasteiger charge is -2.22. The number of carbonyl (C=O) groups excluding carboxylic acids is 1. The summed E-state index contributed by atoms with van der Waals surface area (Å²) in [6.07, 6.45) is 0.883. The molecule has 0 bridgehead atoms. The van der Waals surface area contributed by atoms with Crippen LogP contribution in [0.25, 0.3) is 0 Å². The first-order valence-corrected chi connectivity index (χ1v) is 7.50. The van der Waals surface area contributed by atoms with Gasteiger partial charge in [-0.3, -0.25) is 0 Å². The van der Waals surface area contributed by atoms with E-state index in [-0.39, 0.29) is 24.6 Å². The van der Waals surface area contributed by atoms with Crippen molar-refractivity contribution in [3.05, 3.63) is 24.3 Å². The third-order valence-corrected chi connectivity index (χ3v) is 3.49. The van der Waals surface area contributed by atoms with Crippen LogP contribution in [-0.4, -0.2) is 44.1 Å². The molecule has 2 amide bonds. The second-order valence-electron chi connectivity index (χ2n) is 5.14. The standard InChI is InChI=1S/C16H26N2O4/c1-4-12(2)15(11-19)18-16(20)17-13-6-5-7-14(10-13)22-9-8-21-3/h5-7,10,12,15,19H,4,8-9,11H2,1-3H3,(H2,17,18,20)/t12-,15-/m0/s1. The molecule has 0 spiro atoms. The van der Waals surface area contributed by atoms with Crippen molar-refractivity contribution in [1.82, 2.24) is 5.32 Å². The van der Waals surface area contributed by atoms with Gasteiger partial charge >= 0.3 is 6.03 Å². The molecule has 0 saturated heterocycles. The van der Waals surface area contributed by atoms with Crippen LogP contribution in [0.4, 0.5) is 10.5 Å². The van der Waals surface area contributed by atoms with E-state index in [1.807, 2.05) is 19.9 Å². The minimum atomic E-state index is -0.339. The first-order chi connectivity index (χ1) is 10.6. The summed E-state index contributed by atoms with van der Waals surface area (Å²) < 4.78 is 10.4. The summed E-state index contributed by atoms with van der Waals surface area (Å²) in [6, 6.07) is 6.54. The summed E-state index contributed by atoms with van der Waals surface area (Å²) in [5, 5.41) is 14.9. The average molecular weight is 310 g/mol. The van der Waals surface area contributed by atoms with Crippen LogP contribution in [0.5, 0.6) is 5.75 Å². The van der Waals surface area contributed by atoms with Crippen LogP contribution in [-0.2, 0) is 4.74 Å². The number of urea groups is 1. The van der Waals surface area contributed by atoms with E-state index < -0.39 is 0 Å². The van der Waals surface area contributed by atoms with E-state index in [0.29, 0.717) is 24.7 Å². The molecule has 1 aromatic rings. The highest BCUT2D eigenvalue weighted by molar-refractivity contribution is 5.89. The minimum absolute atomic E-state index is 0.0808. The van der Waals surface area contributed by atoms with Gasteiger partial charge in [0.2, 0.25) is 0 Å². The number of ether oxygens (including phenoxy) is 2. The van der Waals surface area contributed by atoms with Crippen LogP contribution < -0.4 is 15.4 Å². The lowest BCUT2D eigenvalue weighted by molar-refractivity contribution is 0.146. The number of aliphatic hydroxyl groups is 1. The zero-order valence-electron chi connectivity index (χ0n) is 13.5. The van der Waals surface area contributed by atoms with E-state index >= 15 is 0 Å². The lowest BCUT2D eigenvalue weighted by Crippen LogP contribution is -2.43. The number of hydrogen-bond acceptors (Lipinski definition) is 4. The lowest BCUT2D eigenvalue weighted by atomic mass is 10.0. The van der Waals surface area contributed by atoms with Crippen molar-refractivity contribution in [2.24, 2.45) is 5.92 Å². The highest BCUT2D eigenvalue weighted by Crippen LogP contribution is 2.17. The number of methoxy groups -OCH3 is 1. The third-order valence-electron chi connectivity index (χ3n) is 3.49. The van der Waals surface area contributed by atoms with Crippen LogP contribution >= 0.6 is 0 Å². The maximum atomic E-state index is 12.0. The maximum Gasteiger partial charge on any atom is 0.319 e. The highest BCUT2D eigenvalue weighted by atomic mass is 16.5. The Balaban J connectivity index is 2.54. The number of amides is 2. The van der Waals surface area contributed by atoms with Gasteiger partial charge in [0.15, 0.2) is 0 Å². The second kappa shape index (κ2) is 10.0. The Morgan fingerprint density at radius 1 is 1.36 bits per heavy atom. The summed E-state index contributed by atoms with van der Waals surface area (Å²) in [4.78, 5) is 12.0. The topological polar surface area (TPSA) is 79.8 Å². The van der Waals surface area contributed by atoms with Crippen molar-refractivity contribution < 1.29 is 19.4 Å². The second-order valence-corrected chi connectivity index (χ2v) is 5.14. The molecule has 3 N–H and O–H groups in total. The summed E-state index contributed by atoms with van der Waals surface area (Å²) >= 11 is 0. The van der Waals surface area contributed by atoms with Gasteiger partial charge in [0, 0.05) is 18.9 Å². The number of carbonyl (C=O) groups is 1. The maximum absolute atomic E-state index is 12.0. The molecular weight excluding hydrogens is 284 g/mol. The summed E-state index contributed by atoms with van der Waals surface area (Å²) in [7, 11) is 1.61. The van der Waals surface area contributed by atoms with Crippen molar-refractivity contribution in [3.63, 3.8) is 0 Å². The zero-order valence-corrected chi connectivity index (χ0v) is 13.5. The molecule has 22 heavy (non-hydrogen) atoms. The van der Waals surface area contributed by atoms with Gasteiger partial charge in [-0.15, -0.1) is 0 Å². The molecule has 0 aliphatic carbocycles. The Hall–Kier alpha value is -1.79. The predicted octanol–water partition coefficient (Wildman–Crippen LogP) is 2.24. The Morgan fingerprint density at radius 2 is 2.14 bits per heavy atom. The Kier molecular flexibility index (Phi) is 8.32. The molecule has 0 saturated carbocycles. The third kappa shape index (κ3) is 6.32. The molecule has 0 fully saturated rings. The van der Waals surface area contributed by atoms with Crippen molar-refractivity contribution in [2.75, 3.05) is 32.2 Å². The summed E-state index contributed by atoms with van der Waals surface area (Å²) in [6.45, 7) is 4.89. The molecule has 1 aromatic carbocycles. The Morgan fingerprint density at radius 3 is 2.77 bits per heavy atom. The van der Waals surface area contributed by atoms with Gasteiger partial charge in [0.1, 0.15) is 12.4 Å². The Labute approximate surface area is 131 Å². The largest absolute Gasteiger partial charge is 0.491 e. The minimum Gasteiger partial charge on any atom is -0.491 e. The van der Waals surface area contributed by atoms with E-state index in [0.717, 1.165) is 6.42 Å². The average Bonchev–Trinajstić information content (AvgIpc) is 2.52. The molecule has 0 aliphatic heterocycles. The molecule has 6 heteroatoms. The SMILES string of the molecule is CC[C@H](C)[C@H](CO)NC(=O)Nc1cccc(OCCOC)c1. The van der Waals surface area contributed by atoms with Gasteiger partial charge < -0.3 is 25.2 Å². The number of hydrogen-bond donors (Lipinski definition) is 3. The molecule has 0 unspecified atom stereocenters. The van der Waals surface area contributed by atoms with Gasteiger partial charge in [-0.1, -0.05) is 26.3 Å². The number of nitrogens with one attached hydrogen (secondary N) is 2. The molecular formula is C16H26N2O4. The van der Waals surface area contributed by atoms with Crippen LogP contribution in [0.3, 0.4) is 0 Å². The zero-order chi connectivity index (χ0) is 16.4. The van der Waals surface area contributed by atoms with E-state index in [1.54, 1.807) is 25.3 Å². The van der Waals surface area contributed by atoms with Gasteiger partial charge in [-0.25, -0.2) is 4.79 Å². The Bertz CT molecular complexity index is 454. The fourth-order valence-corrected chi connectivity index (χ4v) is 1.89. The molecule has 0 radical (unpaired) electrons. The van der Waals surface area contributed by atoms with Gasteiger partial charge in [0.25, 0.3) is 0 Å². The van der Waals surface area contributed by atoms with Gasteiger partial charge in [0.05, 0.1) is 19.3 Å². The van der Waals surface area contributed by atoms with E-state index in [2.05, 4.69) is 10.6 Å². The van der Waals surface area contributed by atoms with Crippen LogP contribution in [0.15, 0.2) is 24.3 Å². The molecule has 0 aromatic heterocycles. The summed E-state index contributed by atoms with van der Waals surface area (Å²) in [5.41, 5.74) is 0.633. The normalized spacial score (nSPS) is 13.3. The van der Waals surface area contributed by atoms with Crippen LogP contribution in [0.2, 0.25) is 0 Å². The molecule has 2 atom stereocenters. The van der Waals surface area contributed by atoms with Gasteiger partial charge in [-0.2, -0.15) is 0 Å². The number of anilines is 1.